The van der Waals surface area contributed by atoms with Gasteiger partial charge in [0, 0.05) is 17.1 Å². The highest BCUT2D eigenvalue weighted by atomic mass is 35.5. The fourth-order valence-corrected chi connectivity index (χ4v) is 2.00. The van der Waals surface area contributed by atoms with Gasteiger partial charge in [0.15, 0.2) is 0 Å². The van der Waals surface area contributed by atoms with Crippen molar-refractivity contribution in [1.82, 2.24) is 5.32 Å². The van der Waals surface area contributed by atoms with Crippen molar-refractivity contribution >= 4 is 17.5 Å². The predicted octanol–water partition coefficient (Wildman–Crippen LogP) is 2.82. The molecule has 22 heavy (non-hydrogen) atoms. The van der Waals surface area contributed by atoms with Crippen LogP contribution in [0.4, 0.5) is 0 Å². The van der Waals surface area contributed by atoms with Gasteiger partial charge in [0.2, 0.25) is 0 Å². The molecule has 2 rings (SSSR count). The molecule has 0 spiro atoms. The van der Waals surface area contributed by atoms with E-state index in [0.717, 1.165) is 5.56 Å². The molecule has 2 aromatic rings. The van der Waals surface area contributed by atoms with E-state index in [-0.39, 0.29) is 19.1 Å². The molecule has 2 aromatic carbocycles. The van der Waals surface area contributed by atoms with E-state index in [9.17, 15) is 9.90 Å². The highest BCUT2D eigenvalue weighted by molar-refractivity contribution is 6.30. The number of carbonyl (C=O) groups is 1. The van der Waals surface area contributed by atoms with Crippen molar-refractivity contribution in [3.63, 3.8) is 0 Å². The second-order valence-corrected chi connectivity index (χ2v) is 5.43. The molecule has 2 N–H and O–H groups in total. The van der Waals surface area contributed by atoms with Gasteiger partial charge in [-0.3, -0.25) is 4.79 Å². The second-order valence-electron chi connectivity index (χ2n) is 5.00. The van der Waals surface area contributed by atoms with Crippen LogP contribution in [0.5, 0.6) is 5.75 Å². The number of aliphatic hydroxyl groups excluding tert-OH is 1. The number of halogens is 1. The lowest BCUT2D eigenvalue weighted by Gasteiger charge is -2.13. The molecule has 0 bridgehead atoms. The Balaban J connectivity index is 1.76. The minimum Gasteiger partial charge on any atom is -0.491 e. The van der Waals surface area contributed by atoms with E-state index < -0.39 is 6.10 Å². The summed E-state index contributed by atoms with van der Waals surface area (Å²) in [6, 6.07) is 14.1. The predicted molar refractivity (Wildman–Crippen MR) is 86.5 cm³/mol. The molecule has 1 amide bonds. The molecule has 0 aliphatic rings. The van der Waals surface area contributed by atoms with Crippen LogP contribution >= 0.6 is 11.6 Å². The minimum atomic E-state index is -0.781. The van der Waals surface area contributed by atoms with Gasteiger partial charge < -0.3 is 15.2 Å². The zero-order valence-corrected chi connectivity index (χ0v) is 13.0. The Morgan fingerprint density at radius 3 is 2.68 bits per heavy atom. The first-order valence-corrected chi connectivity index (χ1v) is 7.33. The van der Waals surface area contributed by atoms with Crippen molar-refractivity contribution in [2.75, 3.05) is 13.2 Å². The first-order chi connectivity index (χ1) is 10.5. The van der Waals surface area contributed by atoms with E-state index in [4.69, 9.17) is 16.3 Å². The molecular weight excluding hydrogens is 302 g/mol. The number of rotatable bonds is 6. The third-order valence-corrected chi connectivity index (χ3v) is 3.29. The molecule has 0 heterocycles. The van der Waals surface area contributed by atoms with Gasteiger partial charge in [0.25, 0.3) is 5.91 Å². The normalized spacial score (nSPS) is 11.8. The van der Waals surface area contributed by atoms with Crippen molar-refractivity contribution in [1.29, 1.82) is 0 Å². The van der Waals surface area contributed by atoms with E-state index in [1.807, 2.05) is 31.2 Å². The molecule has 116 valence electrons. The van der Waals surface area contributed by atoms with Crippen LogP contribution in [0.25, 0.3) is 0 Å². The summed E-state index contributed by atoms with van der Waals surface area (Å²) in [5.41, 5.74) is 1.58. The highest BCUT2D eigenvalue weighted by Crippen LogP contribution is 2.12. The molecule has 4 nitrogen and oxygen atoms in total. The number of hydrogen-bond donors (Lipinski definition) is 2. The standard InChI is InChI=1S/C17H18ClNO3/c1-12-3-2-4-16(9-12)22-11-15(20)10-19-17(21)13-5-7-14(18)8-6-13/h2-9,15,20H,10-11H2,1H3,(H,19,21). The van der Waals surface area contributed by atoms with E-state index in [1.54, 1.807) is 24.3 Å². The van der Waals surface area contributed by atoms with Gasteiger partial charge in [-0.25, -0.2) is 0 Å². The number of aliphatic hydroxyl groups is 1. The summed E-state index contributed by atoms with van der Waals surface area (Å²) in [6.07, 6.45) is -0.781. The Bertz CT molecular complexity index is 628. The van der Waals surface area contributed by atoms with Crippen molar-refractivity contribution < 1.29 is 14.6 Å². The maximum Gasteiger partial charge on any atom is 0.251 e. The van der Waals surface area contributed by atoms with E-state index in [2.05, 4.69) is 5.32 Å². The van der Waals surface area contributed by atoms with Gasteiger partial charge in [0.05, 0.1) is 0 Å². The number of ether oxygens (including phenoxy) is 1. The average molecular weight is 320 g/mol. The van der Waals surface area contributed by atoms with Crippen LogP contribution in [0.15, 0.2) is 48.5 Å². The SMILES string of the molecule is Cc1cccc(OCC(O)CNC(=O)c2ccc(Cl)cc2)c1. The van der Waals surface area contributed by atoms with Crippen molar-refractivity contribution in [3.05, 3.63) is 64.7 Å². The maximum atomic E-state index is 11.9. The van der Waals surface area contributed by atoms with Gasteiger partial charge >= 0.3 is 0 Å². The summed E-state index contributed by atoms with van der Waals surface area (Å²) < 4.78 is 5.48. The smallest absolute Gasteiger partial charge is 0.251 e. The molecule has 0 radical (unpaired) electrons. The van der Waals surface area contributed by atoms with Crippen LogP contribution < -0.4 is 10.1 Å². The zero-order valence-electron chi connectivity index (χ0n) is 12.3. The molecule has 0 saturated heterocycles. The molecule has 1 atom stereocenters. The topological polar surface area (TPSA) is 58.6 Å². The largest absolute Gasteiger partial charge is 0.491 e. The van der Waals surface area contributed by atoms with Crippen molar-refractivity contribution in [2.45, 2.75) is 13.0 Å². The monoisotopic (exact) mass is 319 g/mol. The third-order valence-electron chi connectivity index (χ3n) is 3.04. The maximum absolute atomic E-state index is 11.9. The van der Waals surface area contributed by atoms with Crippen LogP contribution in [-0.2, 0) is 0 Å². The van der Waals surface area contributed by atoms with Gasteiger partial charge in [-0.2, -0.15) is 0 Å². The van der Waals surface area contributed by atoms with Crippen LogP contribution in [0.3, 0.4) is 0 Å². The molecule has 0 aliphatic heterocycles. The quantitative estimate of drug-likeness (QED) is 0.860. The summed E-state index contributed by atoms with van der Waals surface area (Å²) in [5.74, 6) is 0.439. The second kappa shape index (κ2) is 7.82. The molecular formula is C17H18ClNO3. The van der Waals surface area contributed by atoms with Gasteiger partial charge in [-0.15, -0.1) is 0 Å². The van der Waals surface area contributed by atoms with E-state index in [1.165, 1.54) is 0 Å². The van der Waals surface area contributed by atoms with Crippen molar-refractivity contribution in [2.24, 2.45) is 0 Å². The molecule has 1 unspecified atom stereocenters. The number of nitrogens with one attached hydrogen (secondary N) is 1. The highest BCUT2D eigenvalue weighted by Gasteiger charge is 2.09. The van der Waals surface area contributed by atoms with Gasteiger partial charge in [-0.1, -0.05) is 23.7 Å². The van der Waals surface area contributed by atoms with Crippen molar-refractivity contribution in [3.8, 4) is 5.75 Å². The minimum absolute atomic E-state index is 0.115. The number of benzene rings is 2. The van der Waals surface area contributed by atoms with Gasteiger partial charge in [0.1, 0.15) is 18.5 Å². The summed E-state index contributed by atoms with van der Waals surface area (Å²) in [7, 11) is 0. The average Bonchev–Trinajstić information content (AvgIpc) is 2.51. The molecule has 5 heteroatoms. The first kappa shape index (κ1) is 16.3. The fourth-order valence-electron chi connectivity index (χ4n) is 1.87. The van der Waals surface area contributed by atoms with Crippen LogP contribution in [-0.4, -0.2) is 30.3 Å². The summed E-state index contributed by atoms with van der Waals surface area (Å²) in [4.78, 5) is 11.9. The lowest BCUT2D eigenvalue weighted by molar-refractivity contribution is 0.0843. The molecule has 0 aliphatic carbocycles. The Morgan fingerprint density at radius 2 is 2.00 bits per heavy atom. The first-order valence-electron chi connectivity index (χ1n) is 6.96. The Kier molecular flexibility index (Phi) is 5.81. The summed E-state index contributed by atoms with van der Waals surface area (Å²) in [5, 5.41) is 13.1. The number of aryl methyl sites for hydroxylation is 1. The number of carbonyl (C=O) groups excluding carboxylic acids is 1. The van der Waals surface area contributed by atoms with Crippen LogP contribution in [0, 0.1) is 6.92 Å². The fraction of sp³-hybridized carbons (Fsp3) is 0.235. The lowest BCUT2D eigenvalue weighted by Crippen LogP contribution is -2.35. The Labute approximate surface area is 134 Å². The summed E-state index contributed by atoms with van der Waals surface area (Å²) in [6.45, 7) is 2.20. The molecule has 0 fully saturated rings. The Hall–Kier alpha value is -2.04. The van der Waals surface area contributed by atoms with Gasteiger partial charge in [-0.05, 0) is 48.9 Å². The third kappa shape index (κ3) is 5.06. The summed E-state index contributed by atoms with van der Waals surface area (Å²) >= 11 is 5.77. The van der Waals surface area contributed by atoms with Crippen LogP contribution in [0.1, 0.15) is 15.9 Å². The molecule has 0 saturated carbocycles. The number of hydrogen-bond acceptors (Lipinski definition) is 3. The lowest BCUT2D eigenvalue weighted by atomic mass is 10.2. The number of amides is 1. The van der Waals surface area contributed by atoms with E-state index in [0.29, 0.717) is 16.3 Å². The molecule has 0 aromatic heterocycles. The Morgan fingerprint density at radius 1 is 1.27 bits per heavy atom. The van der Waals surface area contributed by atoms with Crippen LogP contribution in [0.2, 0.25) is 5.02 Å². The zero-order chi connectivity index (χ0) is 15.9. The van der Waals surface area contributed by atoms with E-state index >= 15 is 0 Å².